The summed E-state index contributed by atoms with van der Waals surface area (Å²) in [5.74, 6) is 0. The van der Waals surface area contributed by atoms with Crippen molar-refractivity contribution < 1.29 is 4.57 Å². The van der Waals surface area contributed by atoms with Crippen LogP contribution < -0.4 is 10.2 Å². The average Bonchev–Trinajstić information content (AvgIpc) is 1.87. The first-order valence-electron chi connectivity index (χ1n) is 4.06. The molecule has 1 aliphatic heterocycles. The Hall–Kier alpha value is 0.150. The fourth-order valence-corrected chi connectivity index (χ4v) is 3.10. The maximum absolute atomic E-state index is 12.0. The molecule has 4 heteroatoms. The molecule has 0 saturated carbocycles. The molecule has 66 valence electrons. The number of nitrogens with one attached hydrogen (secondary N) is 2. The lowest BCUT2D eigenvalue weighted by Gasteiger charge is -2.35. The molecular formula is C7H17N2OP. The van der Waals surface area contributed by atoms with Gasteiger partial charge in [0.15, 0.2) is 0 Å². The van der Waals surface area contributed by atoms with Crippen LogP contribution in [0.2, 0.25) is 0 Å². The lowest BCUT2D eigenvalue weighted by molar-refractivity contribution is 0.504. The van der Waals surface area contributed by atoms with E-state index in [0.29, 0.717) is 0 Å². The second kappa shape index (κ2) is 2.89. The highest BCUT2D eigenvalue weighted by Crippen LogP contribution is 2.50. The Morgan fingerprint density at radius 3 is 1.91 bits per heavy atom. The average molecular weight is 176 g/mol. The Kier molecular flexibility index (Phi) is 2.43. The minimum absolute atomic E-state index is 0.159. The second-order valence-corrected chi connectivity index (χ2v) is 7.14. The lowest BCUT2D eigenvalue weighted by atomic mass is 10.3. The van der Waals surface area contributed by atoms with Gasteiger partial charge in [-0.3, -0.25) is 14.7 Å². The topological polar surface area (TPSA) is 41.1 Å². The van der Waals surface area contributed by atoms with Crippen molar-refractivity contribution >= 4 is 7.44 Å². The van der Waals surface area contributed by atoms with Crippen LogP contribution >= 0.6 is 7.44 Å². The first-order chi connectivity index (χ1) is 4.96. The summed E-state index contributed by atoms with van der Waals surface area (Å²) >= 11 is 0. The Bertz CT molecular complexity index is 175. The predicted molar refractivity (Wildman–Crippen MR) is 48.0 cm³/mol. The van der Waals surface area contributed by atoms with Crippen molar-refractivity contribution in [3.8, 4) is 0 Å². The Morgan fingerprint density at radius 1 is 1.18 bits per heavy atom. The van der Waals surface area contributed by atoms with Gasteiger partial charge in [-0.2, -0.15) is 0 Å². The van der Waals surface area contributed by atoms with Crippen molar-refractivity contribution in [3.63, 3.8) is 0 Å². The van der Waals surface area contributed by atoms with E-state index < -0.39 is 7.44 Å². The van der Waals surface area contributed by atoms with E-state index in [1.54, 1.807) is 0 Å². The molecule has 0 unspecified atom stereocenters. The molecule has 2 N–H and O–H groups in total. The molecule has 1 aliphatic rings. The van der Waals surface area contributed by atoms with Crippen molar-refractivity contribution in [3.05, 3.63) is 0 Å². The summed E-state index contributed by atoms with van der Waals surface area (Å²) in [5, 5.41) is 6.00. The zero-order chi connectivity index (χ0) is 8.54. The Balaban J connectivity index is 2.73. The molecule has 3 nitrogen and oxygen atoms in total. The zero-order valence-corrected chi connectivity index (χ0v) is 8.37. The van der Waals surface area contributed by atoms with E-state index in [4.69, 9.17) is 0 Å². The third kappa shape index (κ3) is 1.84. The van der Waals surface area contributed by atoms with Crippen molar-refractivity contribution in [2.24, 2.45) is 0 Å². The van der Waals surface area contributed by atoms with Crippen LogP contribution in [0.3, 0.4) is 0 Å². The van der Waals surface area contributed by atoms with Gasteiger partial charge in [0.1, 0.15) is 0 Å². The number of rotatable bonds is 0. The normalized spacial score (nSPS) is 25.0. The standard InChI is InChI=1S/C7H17N2OP/c1-7(2,3)11(10)8-5-4-6-9-11/h4-6H2,1-3H3,(H2,8,9,10). The molecule has 0 bridgehead atoms. The van der Waals surface area contributed by atoms with E-state index in [2.05, 4.69) is 10.2 Å². The van der Waals surface area contributed by atoms with Crippen LogP contribution in [0.25, 0.3) is 0 Å². The van der Waals surface area contributed by atoms with Gasteiger partial charge in [0.25, 0.3) is 0 Å². The van der Waals surface area contributed by atoms with Gasteiger partial charge in [-0.05, 0) is 6.42 Å². The van der Waals surface area contributed by atoms with Gasteiger partial charge in [-0.25, -0.2) is 0 Å². The highest BCUT2D eigenvalue weighted by molar-refractivity contribution is 7.61. The summed E-state index contributed by atoms with van der Waals surface area (Å²) in [5.41, 5.74) is 0. The molecule has 0 amide bonds. The molecule has 0 aromatic heterocycles. The summed E-state index contributed by atoms with van der Waals surface area (Å²) < 4.78 is 12.0. The van der Waals surface area contributed by atoms with E-state index in [1.807, 2.05) is 20.8 Å². The van der Waals surface area contributed by atoms with E-state index >= 15 is 0 Å². The predicted octanol–water partition coefficient (Wildman–Crippen LogP) is 1.56. The smallest absolute Gasteiger partial charge is 0.216 e. The summed E-state index contributed by atoms with van der Waals surface area (Å²) in [6.07, 6.45) is 1.07. The SMILES string of the molecule is CC(C)(C)P1(=O)NCCCN1. The third-order valence-corrected chi connectivity index (χ3v) is 5.19. The van der Waals surface area contributed by atoms with E-state index in [9.17, 15) is 4.57 Å². The van der Waals surface area contributed by atoms with Crippen molar-refractivity contribution in [1.82, 2.24) is 10.2 Å². The van der Waals surface area contributed by atoms with Gasteiger partial charge in [0.05, 0.1) is 0 Å². The largest absolute Gasteiger partial charge is 0.289 e. The van der Waals surface area contributed by atoms with Crippen molar-refractivity contribution in [1.29, 1.82) is 0 Å². The Morgan fingerprint density at radius 2 is 1.64 bits per heavy atom. The monoisotopic (exact) mass is 176 g/mol. The van der Waals surface area contributed by atoms with Crippen LogP contribution in [0.15, 0.2) is 0 Å². The van der Waals surface area contributed by atoms with Crippen LogP contribution in [-0.2, 0) is 4.57 Å². The fourth-order valence-electron chi connectivity index (χ4n) is 1.09. The molecule has 0 atom stereocenters. The minimum atomic E-state index is -2.30. The molecule has 0 aromatic carbocycles. The maximum atomic E-state index is 12.0. The van der Waals surface area contributed by atoms with E-state index in [1.165, 1.54) is 0 Å². The van der Waals surface area contributed by atoms with Gasteiger partial charge in [-0.1, -0.05) is 20.8 Å². The molecule has 0 aromatic rings. The van der Waals surface area contributed by atoms with Crippen molar-refractivity contribution in [2.75, 3.05) is 13.1 Å². The molecule has 11 heavy (non-hydrogen) atoms. The third-order valence-electron chi connectivity index (χ3n) is 1.97. The first kappa shape index (κ1) is 9.24. The first-order valence-corrected chi connectivity index (χ1v) is 5.77. The number of hydrogen-bond acceptors (Lipinski definition) is 1. The van der Waals surface area contributed by atoms with E-state index in [0.717, 1.165) is 19.5 Å². The van der Waals surface area contributed by atoms with Crippen LogP contribution in [0.4, 0.5) is 0 Å². The molecule has 1 heterocycles. The summed E-state index contributed by atoms with van der Waals surface area (Å²) in [7, 11) is -2.30. The molecule has 0 aliphatic carbocycles. The van der Waals surface area contributed by atoms with Gasteiger partial charge >= 0.3 is 0 Å². The summed E-state index contributed by atoms with van der Waals surface area (Å²) in [4.78, 5) is 0. The van der Waals surface area contributed by atoms with Gasteiger partial charge in [0.2, 0.25) is 7.44 Å². The van der Waals surface area contributed by atoms with Gasteiger partial charge < -0.3 is 0 Å². The molecular weight excluding hydrogens is 159 g/mol. The minimum Gasteiger partial charge on any atom is -0.289 e. The quantitative estimate of drug-likeness (QED) is 0.550. The summed E-state index contributed by atoms with van der Waals surface area (Å²) in [6.45, 7) is 7.75. The van der Waals surface area contributed by atoms with Crippen LogP contribution in [0.5, 0.6) is 0 Å². The molecule has 1 rings (SSSR count). The van der Waals surface area contributed by atoms with Gasteiger partial charge in [0, 0.05) is 18.2 Å². The highest BCUT2D eigenvalue weighted by Gasteiger charge is 2.36. The molecule has 0 radical (unpaired) electrons. The highest BCUT2D eigenvalue weighted by atomic mass is 31.2. The fraction of sp³-hybridized carbons (Fsp3) is 1.00. The lowest BCUT2D eigenvalue weighted by Crippen LogP contribution is -2.40. The van der Waals surface area contributed by atoms with Gasteiger partial charge in [-0.15, -0.1) is 0 Å². The summed E-state index contributed by atoms with van der Waals surface area (Å²) in [6, 6.07) is 0. The maximum Gasteiger partial charge on any atom is 0.216 e. The molecule has 1 fully saturated rings. The van der Waals surface area contributed by atoms with Crippen LogP contribution in [-0.4, -0.2) is 18.2 Å². The molecule has 1 saturated heterocycles. The zero-order valence-electron chi connectivity index (χ0n) is 7.48. The Labute approximate surface area is 68.4 Å². The molecule has 0 spiro atoms. The van der Waals surface area contributed by atoms with Crippen molar-refractivity contribution in [2.45, 2.75) is 32.3 Å². The van der Waals surface area contributed by atoms with Crippen LogP contribution in [0.1, 0.15) is 27.2 Å². The van der Waals surface area contributed by atoms with Crippen LogP contribution in [0, 0.1) is 0 Å². The van der Waals surface area contributed by atoms with E-state index in [-0.39, 0.29) is 5.16 Å². The second-order valence-electron chi connectivity index (χ2n) is 3.95. The number of hydrogen-bond donors (Lipinski definition) is 2.